The predicted molar refractivity (Wildman–Crippen MR) is 93.9 cm³/mol. The third kappa shape index (κ3) is 2.03. The van der Waals surface area contributed by atoms with Crippen LogP contribution in [0, 0.1) is 6.92 Å². The Morgan fingerprint density at radius 1 is 0.636 bits per heavy atom. The van der Waals surface area contributed by atoms with Crippen molar-refractivity contribution in [3.8, 4) is 22.4 Å². The van der Waals surface area contributed by atoms with Crippen molar-refractivity contribution in [2.24, 2.45) is 0 Å². The number of aromatic nitrogens is 1. The maximum Gasteiger partial charge on any atom is 0.0544 e. The number of fused-ring (bicyclic) bond motifs is 1. The van der Waals surface area contributed by atoms with Crippen molar-refractivity contribution in [2.45, 2.75) is 6.92 Å². The van der Waals surface area contributed by atoms with Crippen molar-refractivity contribution >= 4 is 10.9 Å². The first-order valence-corrected chi connectivity index (χ1v) is 7.57. The molecular weight excluding hydrogens is 266 g/mol. The molecule has 0 fully saturated rings. The summed E-state index contributed by atoms with van der Waals surface area (Å²) in [5.74, 6) is 0. The van der Waals surface area contributed by atoms with E-state index in [1.54, 1.807) is 0 Å². The van der Waals surface area contributed by atoms with E-state index in [0.29, 0.717) is 0 Å². The summed E-state index contributed by atoms with van der Waals surface area (Å²) in [7, 11) is 0. The molecule has 1 aromatic heterocycles. The van der Waals surface area contributed by atoms with Crippen molar-refractivity contribution < 1.29 is 0 Å². The lowest BCUT2D eigenvalue weighted by Crippen LogP contribution is -1.83. The van der Waals surface area contributed by atoms with Gasteiger partial charge in [-0.25, -0.2) is 0 Å². The minimum Gasteiger partial charge on any atom is -0.354 e. The van der Waals surface area contributed by atoms with E-state index in [4.69, 9.17) is 0 Å². The lowest BCUT2D eigenvalue weighted by Gasteiger charge is -2.06. The molecule has 0 amide bonds. The molecule has 0 bridgehead atoms. The molecule has 4 aromatic rings. The van der Waals surface area contributed by atoms with Crippen LogP contribution < -0.4 is 0 Å². The molecule has 1 heterocycles. The number of aromatic amines is 1. The molecule has 1 heteroatoms. The summed E-state index contributed by atoms with van der Waals surface area (Å²) in [6.45, 7) is 2.18. The van der Waals surface area contributed by atoms with Gasteiger partial charge in [-0.15, -0.1) is 0 Å². The zero-order chi connectivity index (χ0) is 14.9. The van der Waals surface area contributed by atoms with Gasteiger partial charge in [0, 0.05) is 16.5 Å². The van der Waals surface area contributed by atoms with E-state index < -0.39 is 0 Å². The summed E-state index contributed by atoms with van der Waals surface area (Å²) < 4.78 is 0. The van der Waals surface area contributed by atoms with E-state index >= 15 is 0 Å². The molecule has 0 unspecified atom stereocenters. The molecule has 0 spiro atoms. The van der Waals surface area contributed by atoms with E-state index in [2.05, 4.69) is 90.8 Å². The summed E-state index contributed by atoms with van der Waals surface area (Å²) in [6, 6.07) is 27.6. The van der Waals surface area contributed by atoms with Gasteiger partial charge in [-0.1, -0.05) is 72.8 Å². The van der Waals surface area contributed by atoms with Crippen molar-refractivity contribution in [3.05, 3.63) is 84.4 Å². The maximum atomic E-state index is 3.62. The Bertz CT molecular complexity index is 918. The molecule has 106 valence electrons. The Labute approximate surface area is 130 Å². The van der Waals surface area contributed by atoms with Crippen LogP contribution in [0.25, 0.3) is 33.3 Å². The van der Waals surface area contributed by atoms with Gasteiger partial charge >= 0.3 is 0 Å². The van der Waals surface area contributed by atoms with Crippen LogP contribution in [-0.2, 0) is 0 Å². The molecule has 0 saturated heterocycles. The molecule has 1 nitrogen and oxygen atoms in total. The van der Waals surface area contributed by atoms with Crippen molar-refractivity contribution in [2.75, 3.05) is 0 Å². The Balaban J connectivity index is 2.11. The fourth-order valence-corrected chi connectivity index (χ4v) is 3.14. The summed E-state index contributed by atoms with van der Waals surface area (Å²) in [5.41, 5.74) is 7.45. The number of benzene rings is 3. The van der Waals surface area contributed by atoms with Crippen molar-refractivity contribution in [1.82, 2.24) is 4.98 Å². The second-order valence-electron chi connectivity index (χ2n) is 5.60. The first-order chi connectivity index (χ1) is 10.8. The highest BCUT2D eigenvalue weighted by Crippen LogP contribution is 2.39. The van der Waals surface area contributed by atoms with Gasteiger partial charge < -0.3 is 4.98 Å². The smallest absolute Gasteiger partial charge is 0.0544 e. The normalized spacial score (nSPS) is 11.0. The fourth-order valence-electron chi connectivity index (χ4n) is 3.14. The number of hydrogen-bond acceptors (Lipinski definition) is 0. The highest BCUT2D eigenvalue weighted by Gasteiger charge is 2.15. The maximum absolute atomic E-state index is 3.62. The highest BCUT2D eigenvalue weighted by molar-refractivity contribution is 6.05. The van der Waals surface area contributed by atoms with Gasteiger partial charge in [-0.2, -0.15) is 0 Å². The molecule has 22 heavy (non-hydrogen) atoms. The Hall–Kier alpha value is -2.80. The van der Waals surface area contributed by atoms with Crippen LogP contribution >= 0.6 is 0 Å². The van der Waals surface area contributed by atoms with E-state index in [9.17, 15) is 0 Å². The average Bonchev–Trinajstić information content (AvgIpc) is 2.97. The third-order valence-electron chi connectivity index (χ3n) is 4.16. The Morgan fingerprint density at radius 2 is 1.27 bits per heavy atom. The third-order valence-corrected chi connectivity index (χ3v) is 4.16. The molecule has 0 aliphatic carbocycles. The standard InChI is InChI=1S/C21H17N/c1-15-9-8-14-18-19(15)20(16-10-4-2-5-11-16)21(22-18)17-12-6-3-7-13-17/h2-14,22H,1H3. The minimum absolute atomic E-state index is 1.19. The van der Waals surface area contributed by atoms with Crippen LogP contribution in [0.5, 0.6) is 0 Å². The number of H-pyrrole nitrogens is 1. The molecule has 4 rings (SSSR count). The summed E-state index contributed by atoms with van der Waals surface area (Å²) in [4.78, 5) is 3.62. The topological polar surface area (TPSA) is 15.8 Å². The molecular formula is C21H17N. The molecule has 3 aromatic carbocycles. The van der Waals surface area contributed by atoms with Crippen molar-refractivity contribution in [3.63, 3.8) is 0 Å². The molecule has 0 atom stereocenters. The monoisotopic (exact) mass is 283 g/mol. The van der Waals surface area contributed by atoms with Gasteiger partial charge in [0.2, 0.25) is 0 Å². The van der Waals surface area contributed by atoms with E-state index in [1.807, 2.05) is 0 Å². The molecule has 0 saturated carbocycles. The van der Waals surface area contributed by atoms with Gasteiger partial charge in [-0.3, -0.25) is 0 Å². The summed E-state index contributed by atoms with van der Waals surface area (Å²) in [6.07, 6.45) is 0. The summed E-state index contributed by atoms with van der Waals surface area (Å²) in [5, 5.41) is 1.31. The Morgan fingerprint density at radius 3 is 1.95 bits per heavy atom. The first kappa shape index (κ1) is 12.9. The molecule has 1 N–H and O–H groups in total. The van der Waals surface area contributed by atoms with Gasteiger partial charge in [0.25, 0.3) is 0 Å². The minimum atomic E-state index is 1.19. The molecule has 0 aliphatic heterocycles. The van der Waals surface area contributed by atoms with Crippen LogP contribution in [0.3, 0.4) is 0 Å². The first-order valence-electron chi connectivity index (χ1n) is 7.57. The summed E-state index contributed by atoms with van der Waals surface area (Å²) >= 11 is 0. The van der Waals surface area contributed by atoms with Gasteiger partial charge in [0.1, 0.15) is 0 Å². The second kappa shape index (κ2) is 5.19. The van der Waals surface area contributed by atoms with E-state index in [0.717, 1.165) is 0 Å². The predicted octanol–water partition coefficient (Wildman–Crippen LogP) is 5.81. The number of hydrogen-bond donors (Lipinski definition) is 1. The highest BCUT2D eigenvalue weighted by atomic mass is 14.7. The quantitative estimate of drug-likeness (QED) is 0.478. The number of rotatable bonds is 2. The van der Waals surface area contributed by atoms with Crippen molar-refractivity contribution in [1.29, 1.82) is 0 Å². The average molecular weight is 283 g/mol. The molecule has 0 aliphatic rings. The van der Waals surface area contributed by atoms with Gasteiger partial charge in [0.05, 0.1) is 5.69 Å². The lowest BCUT2D eigenvalue weighted by atomic mass is 9.96. The number of nitrogens with one attached hydrogen (secondary N) is 1. The van der Waals surface area contributed by atoms with Crippen LogP contribution in [0.4, 0.5) is 0 Å². The van der Waals surface area contributed by atoms with Crippen LogP contribution in [0.1, 0.15) is 5.56 Å². The zero-order valence-corrected chi connectivity index (χ0v) is 12.5. The number of aryl methyl sites for hydroxylation is 1. The van der Waals surface area contributed by atoms with E-state index in [-0.39, 0.29) is 0 Å². The zero-order valence-electron chi connectivity index (χ0n) is 12.5. The lowest BCUT2D eigenvalue weighted by molar-refractivity contribution is 1.45. The Kier molecular flexibility index (Phi) is 3.05. The van der Waals surface area contributed by atoms with E-state index in [1.165, 1.54) is 38.9 Å². The van der Waals surface area contributed by atoms with Gasteiger partial charge in [-0.05, 0) is 29.7 Å². The van der Waals surface area contributed by atoms with Gasteiger partial charge in [0.15, 0.2) is 0 Å². The fraction of sp³-hybridized carbons (Fsp3) is 0.0476. The van der Waals surface area contributed by atoms with Crippen LogP contribution in [0.15, 0.2) is 78.9 Å². The second-order valence-corrected chi connectivity index (χ2v) is 5.60. The largest absolute Gasteiger partial charge is 0.354 e. The van der Waals surface area contributed by atoms with Crippen LogP contribution in [0.2, 0.25) is 0 Å². The SMILES string of the molecule is Cc1cccc2[nH]c(-c3ccccc3)c(-c3ccccc3)c12. The van der Waals surface area contributed by atoms with Crippen LogP contribution in [-0.4, -0.2) is 4.98 Å². The molecule has 0 radical (unpaired) electrons.